The van der Waals surface area contributed by atoms with Gasteiger partial charge in [0.2, 0.25) is 5.91 Å². The summed E-state index contributed by atoms with van der Waals surface area (Å²) in [5.74, 6) is 0.103. The van der Waals surface area contributed by atoms with E-state index in [1.165, 1.54) is 6.07 Å². The summed E-state index contributed by atoms with van der Waals surface area (Å²) in [5.41, 5.74) is 1.79. The van der Waals surface area contributed by atoms with Gasteiger partial charge in [-0.2, -0.15) is 0 Å². The third kappa shape index (κ3) is 15.6. The summed E-state index contributed by atoms with van der Waals surface area (Å²) in [6, 6.07) is 8.43. The molecule has 1 aromatic heterocycles. The zero-order valence-electron chi connectivity index (χ0n) is 24.2. The summed E-state index contributed by atoms with van der Waals surface area (Å²) < 4.78 is 29.7. The summed E-state index contributed by atoms with van der Waals surface area (Å²) in [4.78, 5) is 18.2. The van der Waals surface area contributed by atoms with Gasteiger partial charge in [0.05, 0.1) is 13.6 Å². The number of piperazine rings is 1. The Labute approximate surface area is 233 Å². The van der Waals surface area contributed by atoms with Crippen molar-refractivity contribution < 1.29 is 18.3 Å². The number of allylic oxidation sites excluding steroid dienone is 5. The second kappa shape index (κ2) is 23.7. The molecule has 2 heterocycles. The number of aromatic nitrogens is 1. The van der Waals surface area contributed by atoms with Crippen LogP contribution in [0.1, 0.15) is 33.4 Å². The third-order valence-electron chi connectivity index (χ3n) is 5.23. The quantitative estimate of drug-likeness (QED) is 0.372. The van der Waals surface area contributed by atoms with E-state index >= 15 is 0 Å². The first kappa shape index (κ1) is 35.6. The molecule has 1 amide bonds. The van der Waals surface area contributed by atoms with Crippen LogP contribution in [0.15, 0.2) is 73.5 Å². The lowest BCUT2D eigenvalue weighted by Crippen LogP contribution is -2.44. The van der Waals surface area contributed by atoms with Crippen molar-refractivity contribution in [2.45, 2.75) is 34.1 Å². The third-order valence-corrected chi connectivity index (χ3v) is 5.23. The lowest BCUT2D eigenvalue weighted by Gasteiger charge is -2.26. The highest BCUT2D eigenvalue weighted by molar-refractivity contribution is 5.78. The molecule has 0 bridgehead atoms. The Balaban J connectivity index is 0.00000113. The molecule has 1 saturated heterocycles. The zero-order valence-corrected chi connectivity index (χ0v) is 24.2. The predicted octanol–water partition coefficient (Wildman–Crippen LogP) is 5.77. The molecule has 0 saturated carbocycles. The SMILES string of the molecule is C=C/C=C\C=C/C.CC.CCNC(=O)Cc1ccc(-c2ccc(OCCN3CCNCC3)cc2F)cn1.CF. The number of hydrogen-bond donors (Lipinski definition) is 2. The van der Waals surface area contributed by atoms with Crippen LogP contribution in [0.3, 0.4) is 0 Å². The van der Waals surface area contributed by atoms with E-state index in [0.717, 1.165) is 32.7 Å². The van der Waals surface area contributed by atoms with Crippen LogP contribution < -0.4 is 15.4 Å². The molecule has 1 aliphatic rings. The monoisotopic (exact) mass is 544 g/mol. The number of nitrogens with one attached hydrogen (secondary N) is 2. The summed E-state index contributed by atoms with van der Waals surface area (Å²) in [6.45, 7) is 17.3. The molecule has 8 heteroatoms. The van der Waals surface area contributed by atoms with E-state index in [-0.39, 0.29) is 18.1 Å². The first-order chi connectivity index (χ1) is 19.1. The molecule has 1 aliphatic heterocycles. The van der Waals surface area contributed by atoms with Gasteiger partial charge >= 0.3 is 0 Å². The number of carbonyl (C=O) groups excluding carboxylic acids is 1. The van der Waals surface area contributed by atoms with Crippen LogP contribution in [0.2, 0.25) is 0 Å². The van der Waals surface area contributed by atoms with Crippen molar-refractivity contribution in [2.75, 3.05) is 53.1 Å². The molecule has 6 nitrogen and oxygen atoms in total. The molecule has 2 aromatic rings. The summed E-state index contributed by atoms with van der Waals surface area (Å²) >= 11 is 0. The van der Waals surface area contributed by atoms with E-state index in [4.69, 9.17) is 4.74 Å². The number of amides is 1. The number of carbonyl (C=O) groups is 1. The van der Waals surface area contributed by atoms with E-state index in [1.807, 2.05) is 52.0 Å². The van der Waals surface area contributed by atoms with Crippen molar-refractivity contribution in [1.82, 2.24) is 20.5 Å². The van der Waals surface area contributed by atoms with Crippen LogP contribution in [0.5, 0.6) is 5.75 Å². The first-order valence-corrected chi connectivity index (χ1v) is 13.4. The van der Waals surface area contributed by atoms with Gasteiger partial charge in [-0.1, -0.05) is 56.9 Å². The first-order valence-electron chi connectivity index (χ1n) is 13.4. The molecule has 3 rings (SSSR count). The Morgan fingerprint density at radius 1 is 1.15 bits per heavy atom. The van der Waals surface area contributed by atoms with Crippen molar-refractivity contribution >= 4 is 5.91 Å². The van der Waals surface area contributed by atoms with Gasteiger partial charge in [-0.25, -0.2) is 4.39 Å². The van der Waals surface area contributed by atoms with E-state index in [0.29, 0.717) is 42.9 Å². The molecule has 1 fully saturated rings. The minimum atomic E-state index is -0.349. The molecule has 39 heavy (non-hydrogen) atoms. The van der Waals surface area contributed by atoms with Gasteiger partial charge in [0.15, 0.2) is 0 Å². The Kier molecular flexibility index (Phi) is 21.7. The van der Waals surface area contributed by atoms with Crippen molar-refractivity contribution in [3.05, 3.63) is 85.0 Å². The molecule has 0 unspecified atom stereocenters. The fourth-order valence-corrected chi connectivity index (χ4v) is 3.41. The largest absolute Gasteiger partial charge is 0.492 e. The van der Waals surface area contributed by atoms with Crippen molar-refractivity contribution in [3.63, 3.8) is 0 Å². The van der Waals surface area contributed by atoms with Crippen LogP contribution in [0.4, 0.5) is 8.78 Å². The van der Waals surface area contributed by atoms with E-state index < -0.39 is 0 Å². The van der Waals surface area contributed by atoms with Crippen LogP contribution >= 0.6 is 0 Å². The van der Waals surface area contributed by atoms with E-state index in [2.05, 4.69) is 27.1 Å². The number of rotatable bonds is 10. The number of likely N-dealkylation sites (N-methyl/N-ethyl adjacent to an activating group) is 1. The fourth-order valence-electron chi connectivity index (χ4n) is 3.41. The van der Waals surface area contributed by atoms with Gasteiger partial charge < -0.3 is 15.4 Å². The summed E-state index contributed by atoms with van der Waals surface area (Å²) in [5, 5.41) is 6.05. The summed E-state index contributed by atoms with van der Waals surface area (Å²) in [6.07, 6.45) is 11.3. The highest BCUT2D eigenvalue weighted by Crippen LogP contribution is 2.26. The highest BCUT2D eigenvalue weighted by Gasteiger charge is 2.11. The minimum absolute atomic E-state index is 0.0729. The van der Waals surface area contributed by atoms with Crippen molar-refractivity contribution in [1.29, 1.82) is 0 Å². The minimum Gasteiger partial charge on any atom is -0.492 e. The average Bonchev–Trinajstić information content (AvgIpc) is 2.97. The second-order valence-electron chi connectivity index (χ2n) is 7.90. The number of halogens is 2. The molecule has 0 spiro atoms. The standard InChI is InChI=1S/C21H27FN4O2.C7H10.C2H6.CH3F/c1-2-24-21(27)13-17-4-3-16(15-25-17)19-6-5-18(14-20(19)22)28-12-11-26-9-7-23-8-10-26;1-3-5-7-6-4-2;2*1-2/h3-6,14-15,23H,2,7-13H2,1H3,(H,24,27);3-7H,1H2,2H3;1-2H3;1H3/b;6-4-,7-5-;;. The Bertz CT molecular complexity index is 973. The van der Waals surface area contributed by atoms with Crippen LogP contribution in [0, 0.1) is 5.82 Å². The Morgan fingerprint density at radius 3 is 2.44 bits per heavy atom. The number of ether oxygens (including phenoxy) is 1. The van der Waals surface area contributed by atoms with Crippen LogP contribution in [0.25, 0.3) is 11.1 Å². The molecule has 2 N–H and O–H groups in total. The van der Waals surface area contributed by atoms with Gasteiger partial charge in [0.25, 0.3) is 0 Å². The lowest BCUT2D eigenvalue weighted by atomic mass is 10.1. The van der Waals surface area contributed by atoms with Crippen molar-refractivity contribution in [3.8, 4) is 16.9 Å². The highest BCUT2D eigenvalue weighted by atomic mass is 19.1. The van der Waals surface area contributed by atoms with Crippen LogP contribution in [-0.4, -0.2) is 68.8 Å². The van der Waals surface area contributed by atoms with E-state index in [1.54, 1.807) is 36.5 Å². The predicted molar refractivity (Wildman–Crippen MR) is 159 cm³/mol. The summed E-state index contributed by atoms with van der Waals surface area (Å²) in [7, 11) is 0.500. The smallest absolute Gasteiger partial charge is 0.226 e. The van der Waals surface area contributed by atoms with Gasteiger partial charge in [-0.15, -0.1) is 0 Å². The van der Waals surface area contributed by atoms with Crippen LogP contribution in [-0.2, 0) is 11.2 Å². The fraction of sp³-hybridized carbons (Fsp3) is 0.419. The number of benzene rings is 1. The molecular formula is C31H46F2N4O2. The maximum atomic E-state index is 14.5. The van der Waals surface area contributed by atoms with Crippen molar-refractivity contribution in [2.24, 2.45) is 0 Å². The molecule has 0 atom stereocenters. The Morgan fingerprint density at radius 2 is 1.87 bits per heavy atom. The zero-order chi connectivity index (χ0) is 29.3. The molecule has 216 valence electrons. The topological polar surface area (TPSA) is 66.5 Å². The van der Waals surface area contributed by atoms with Gasteiger partial charge in [-0.3, -0.25) is 19.1 Å². The molecule has 1 aromatic carbocycles. The normalized spacial score (nSPS) is 12.8. The molecular weight excluding hydrogens is 498 g/mol. The maximum absolute atomic E-state index is 14.5. The second-order valence-corrected chi connectivity index (χ2v) is 7.90. The van der Waals surface area contributed by atoms with Gasteiger partial charge in [-0.05, 0) is 32.0 Å². The van der Waals surface area contributed by atoms with Gasteiger partial charge in [0.1, 0.15) is 18.2 Å². The molecule has 0 radical (unpaired) electrons. The number of nitrogens with zero attached hydrogens (tertiary/aromatic N) is 2. The Hall–Kier alpha value is -3.36. The number of hydrogen-bond acceptors (Lipinski definition) is 5. The molecule has 0 aliphatic carbocycles. The number of alkyl halides is 1. The number of pyridine rings is 1. The lowest BCUT2D eigenvalue weighted by molar-refractivity contribution is -0.120. The average molecular weight is 545 g/mol. The maximum Gasteiger partial charge on any atom is 0.226 e. The van der Waals surface area contributed by atoms with E-state index in [9.17, 15) is 13.6 Å². The van der Waals surface area contributed by atoms with Gasteiger partial charge in [0, 0.05) is 68.4 Å².